The Labute approximate surface area is 130 Å². The quantitative estimate of drug-likeness (QED) is 0.398. The van der Waals surface area contributed by atoms with Gasteiger partial charge in [-0.25, -0.2) is 5.84 Å². The number of rotatable bonds is 3. The van der Waals surface area contributed by atoms with Crippen molar-refractivity contribution in [2.75, 3.05) is 7.05 Å². The maximum atomic E-state index is 12.5. The fraction of sp³-hybridized carbons (Fsp3) is 0.467. The average Bonchev–Trinajstić information content (AvgIpc) is 2.46. The van der Waals surface area contributed by atoms with E-state index in [1.54, 1.807) is 24.3 Å². The topological polar surface area (TPSA) is 63.4 Å². The third-order valence-corrected chi connectivity index (χ3v) is 3.72. The van der Waals surface area contributed by atoms with Crippen molar-refractivity contribution < 1.29 is 9.59 Å². The van der Waals surface area contributed by atoms with E-state index >= 15 is 0 Å². The van der Waals surface area contributed by atoms with Crippen LogP contribution in [0.15, 0.2) is 24.3 Å². The van der Waals surface area contributed by atoms with Crippen LogP contribution < -0.4 is 5.84 Å². The van der Waals surface area contributed by atoms with Crippen LogP contribution in [-0.4, -0.2) is 23.7 Å². The minimum atomic E-state index is -0.320. The second kappa shape index (κ2) is 7.55. The number of amides is 1. The number of benzene rings is 1. The van der Waals surface area contributed by atoms with Gasteiger partial charge in [0.25, 0.3) is 5.91 Å². The number of hydrogen-bond donors (Lipinski definition) is 1. The van der Waals surface area contributed by atoms with Crippen molar-refractivity contribution in [1.82, 2.24) is 5.01 Å². The molecular formula is C15H21BrN2O2. The van der Waals surface area contributed by atoms with Crippen LogP contribution in [0.3, 0.4) is 0 Å². The molecule has 0 bridgehead atoms. The third-order valence-electron chi connectivity index (χ3n) is 3.72. The van der Waals surface area contributed by atoms with Crippen LogP contribution in [0.1, 0.15) is 52.8 Å². The fourth-order valence-corrected chi connectivity index (χ4v) is 2.66. The van der Waals surface area contributed by atoms with E-state index in [2.05, 4.69) is 0 Å². The van der Waals surface area contributed by atoms with Gasteiger partial charge in [0, 0.05) is 18.5 Å². The molecule has 1 aromatic rings. The predicted molar refractivity (Wildman–Crippen MR) is 84.0 cm³/mol. The number of ketones is 1. The number of carbonyl (C=O) groups is 2. The second-order valence-electron chi connectivity index (χ2n) is 5.16. The number of Topliss-reactive ketones (excluding diaryl/α,β-unsaturated/α-hetero) is 1. The highest BCUT2D eigenvalue weighted by Gasteiger charge is 2.26. The van der Waals surface area contributed by atoms with Crippen molar-refractivity contribution >= 4 is 28.7 Å². The second-order valence-corrected chi connectivity index (χ2v) is 5.16. The van der Waals surface area contributed by atoms with Gasteiger partial charge in [0.1, 0.15) is 0 Å². The molecule has 1 aliphatic rings. The van der Waals surface area contributed by atoms with Gasteiger partial charge in [-0.05, 0) is 18.9 Å². The average molecular weight is 341 g/mol. The zero-order valence-corrected chi connectivity index (χ0v) is 13.4. The van der Waals surface area contributed by atoms with Gasteiger partial charge in [-0.3, -0.25) is 14.6 Å². The van der Waals surface area contributed by atoms with Gasteiger partial charge in [0.2, 0.25) is 0 Å². The molecular weight excluding hydrogens is 320 g/mol. The largest absolute Gasteiger partial charge is 0.294 e. The fourth-order valence-electron chi connectivity index (χ4n) is 2.66. The maximum Gasteiger partial charge on any atom is 0.268 e. The van der Waals surface area contributed by atoms with Crippen molar-refractivity contribution in [2.24, 2.45) is 11.8 Å². The van der Waals surface area contributed by atoms with E-state index in [1.807, 2.05) is 0 Å². The Morgan fingerprint density at radius 2 is 1.65 bits per heavy atom. The van der Waals surface area contributed by atoms with Crippen LogP contribution in [0.5, 0.6) is 0 Å². The molecule has 1 aliphatic carbocycles. The number of nitrogens with two attached hydrogens (primary N) is 1. The Bertz CT molecular complexity index is 483. The van der Waals surface area contributed by atoms with Gasteiger partial charge in [-0.15, -0.1) is 17.0 Å². The highest BCUT2D eigenvalue weighted by Crippen LogP contribution is 2.28. The molecule has 1 saturated carbocycles. The molecule has 1 amide bonds. The summed E-state index contributed by atoms with van der Waals surface area (Å²) in [6.07, 6.45) is 5.27. The number of hydrogen-bond acceptors (Lipinski definition) is 3. The van der Waals surface area contributed by atoms with E-state index in [0.29, 0.717) is 11.1 Å². The first-order valence-electron chi connectivity index (χ1n) is 6.77. The lowest BCUT2D eigenvalue weighted by atomic mass is 9.82. The number of carbonyl (C=O) groups excluding carboxylic acids is 2. The summed E-state index contributed by atoms with van der Waals surface area (Å²) in [5.41, 5.74) is 0.916. The maximum absolute atomic E-state index is 12.5. The Morgan fingerprint density at radius 1 is 1.10 bits per heavy atom. The number of nitrogens with zero attached hydrogens (tertiary/aromatic N) is 1. The highest BCUT2D eigenvalue weighted by atomic mass is 79.9. The summed E-state index contributed by atoms with van der Waals surface area (Å²) in [6, 6.07) is 6.95. The third kappa shape index (κ3) is 3.67. The van der Waals surface area contributed by atoms with E-state index in [-0.39, 0.29) is 34.6 Å². The lowest BCUT2D eigenvalue weighted by Crippen LogP contribution is -2.34. The molecule has 0 aromatic heterocycles. The molecule has 0 saturated heterocycles. The lowest BCUT2D eigenvalue weighted by molar-refractivity contribution is 0.0783. The van der Waals surface area contributed by atoms with Crippen molar-refractivity contribution in [1.29, 1.82) is 0 Å². The van der Waals surface area contributed by atoms with Gasteiger partial charge in [-0.2, -0.15) is 0 Å². The van der Waals surface area contributed by atoms with Crippen LogP contribution in [0.25, 0.3) is 0 Å². The monoisotopic (exact) mass is 340 g/mol. The van der Waals surface area contributed by atoms with Crippen LogP contribution in [0.4, 0.5) is 0 Å². The van der Waals surface area contributed by atoms with Crippen LogP contribution in [0, 0.1) is 5.92 Å². The molecule has 1 fully saturated rings. The summed E-state index contributed by atoms with van der Waals surface area (Å²) >= 11 is 0. The van der Waals surface area contributed by atoms with Crippen LogP contribution >= 0.6 is 17.0 Å². The number of hydrazine groups is 1. The molecule has 4 nitrogen and oxygen atoms in total. The zero-order chi connectivity index (χ0) is 13.8. The summed E-state index contributed by atoms with van der Waals surface area (Å²) in [5, 5.41) is 1.02. The Kier molecular flexibility index (Phi) is 6.36. The molecule has 20 heavy (non-hydrogen) atoms. The van der Waals surface area contributed by atoms with E-state index in [4.69, 9.17) is 5.84 Å². The molecule has 0 heterocycles. The van der Waals surface area contributed by atoms with E-state index in [9.17, 15) is 9.59 Å². The summed E-state index contributed by atoms with van der Waals surface area (Å²) in [7, 11) is 1.49. The molecule has 110 valence electrons. The summed E-state index contributed by atoms with van der Waals surface area (Å²) in [6.45, 7) is 0. The first kappa shape index (κ1) is 16.9. The van der Waals surface area contributed by atoms with Gasteiger partial charge in [0.15, 0.2) is 5.78 Å². The first-order valence-corrected chi connectivity index (χ1v) is 6.77. The SMILES string of the molecule is Br.CN(N)C(=O)c1ccccc1C(=O)C1CCCCC1. The lowest BCUT2D eigenvalue weighted by Gasteiger charge is -2.21. The van der Waals surface area contributed by atoms with Gasteiger partial charge >= 0.3 is 0 Å². The Morgan fingerprint density at radius 3 is 2.20 bits per heavy atom. The molecule has 1 aromatic carbocycles. The molecule has 2 rings (SSSR count). The molecule has 5 heteroatoms. The van der Waals surface area contributed by atoms with Gasteiger partial charge < -0.3 is 0 Å². The normalized spacial score (nSPS) is 15.3. The number of halogens is 1. The summed E-state index contributed by atoms with van der Waals surface area (Å²) in [4.78, 5) is 24.5. The van der Waals surface area contributed by atoms with Crippen molar-refractivity contribution in [3.05, 3.63) is 35.4 Å². The van der Waals surface area contributed by atoms with Gasteiger partial charge in [0.05, 0.1) is 5.56 Å². The van der Waals surface area contributed by atoms with E-state index in [0.717, 1.165) is 30.7 Å². The molecule has 0 radical (unpaired) electrons. The zero-order valence-electron chi connectivity index (χ0n) is 11.7. The van der Waals surface area contributed by atoms with E-state index < -0.39 is 0 Å². The summed E-state index contributed by atoms with van der Waals surface area (Å²) < 4.78 is 0. The van der Waals surface area contributed by atoms with Crippen LogP contribution in [0.2, 0.25) is 0 Å². The predicted octanol–water partition coefficient (Wildman–Crippen LogP) is 2.97. The molecule has 0 spiro atoms. The highest BCUT2D eigenvalue weighted by molar-refractivity contribution is 8.93. The Hall–Kier alpha value is -1.20. The Balaban J connectivity index is 0.00000200. The van der Waals surface area contributed by atoms with Crippen LogP contribution in [-0.2, 0) is 0 Å². The van der Waals surface area contributed by atoms with Crippen molar-refractivity contribution in [2.45, 2.75) is 32.1 Å². The minimum Gasteiger partial charge on any atom is -0.294 e. The van der Waals surface area contributed by atoms with E-state index in [1.165, 1.54) is 13.5 Å². The smallest absolute Gasteiger partial charge is 0.268 e. The van der Waals surface area contributed by atoms with Crippen molar-refractivity contribution in [3.63, 3.8) is 0 Å². The molecule has 0 unspecified atom stereocenters. The first-order chi connectivity index (χ1) is 9.11. The van der Waals surface area contributed by atoms with Crippen molar-refractivity contribution in [3.8, 4) is 0 Å². The standard InChI is InChI=1S/C15H20N2O2.BrH/c1-17(16)15(19)13-10-6-5-9-12(13)14(18)11-7-3-2-4-8-11;/h5-6,9-11H,2-4,7-8,16H2,1H3;1H. The molecule has 0 atom stereocenters. The molecule has 2 N–H and O–H groups in total. The molecule has 0 aliphatic heterocycles. The van der Waals surface area contributed by atoms with Gasteiger partial charge in [-0.1, -0.05) is 37.5 Å². The minimum absolute atomic E-state index is 0. The summed E-state index contributed by atoms with van der Waals surface area (Å²) in [5.74, 6) is 5.32.